The van der Waals surface area contributed by atoms with Crippen LogP contribution in [0.1, 0.15) is 10.4 Å². The van der Waals surface area contributed by atoms with E-state index in [1.165, 1.54) is 7.11 Å². The summed E-state index contributed by atoms with van der Waals surface area (Å²) in [6, 6.07) is 26.6. The van der Waals surface area contributed by atoms with Crippen LogP contribution < -0.4 is 4.74 Å². The second kappa shape index (κ2) is 7.37. The molecule has 1 heterocycles. The molecular weight excluding hydrogens is 378 g/mol. The zero-order valence-corrected chi connectivity index (χ0v) is 16.2. The first-order valence-electron chi connectivity index (χ1n) is 9.46. The van der Waals surface area contributed by atoms with Gasteiger partial charge >= 0.3 is 5.97 Å². The van der Waals surface area contributed by atoms with Gasteiger partial charge in [-0.2, -0.15) is 0 Å². The van der Waals surface area contributed by atoms with Crippen molar-refractivity contribution >= 4 is 27.8 Å². The molecule has 0 aliphatic heterocycles. The van der Waals surface area contributed by atoms with Crippen LogP contribution in [0.2, 0.25) is 0 Å². The van der Waals surface area contributed by atoms with Crippen molar-refractivity contribution in [2.75, 3.05) is 7.11 Å². The summed E-state index contributed by atoms with van der Waals surface area (Å²) in [6.07, 6.45) is 0. The van der Waals surface area contributed by atoms with Crippen LogP contribution in [0.15, 0.2) is 89.3 Å². The molecule has 0 spiro atoms. The van der Waals surface area contributed by atoms with Crippen LogP contribution in [0.3, 0.4) is 0 Å². The number of oxazole rings is 1. The molecule has 146 valence electrons. The molecule has 5 rings (SSSR count). The van der Waals surface area contributed by atoms with E-state index in [1.807, 2.05) is 54.6 Å². The van der Waals surface area contributed by atoms with Crippen LogP contribution in [0.5, 0.6) is 11.5 Å². The minimum atomic E-state index is -0.437. The molecule has 4 aromatic carbocycles. The van der Waals surface area contributed by atoms with Gasteiger partial charge in [0.05, 0.1) is 18.2 Å². The van der Waals surface area contributed by atoms with Crippen molar-refractivity contribution in [2.24, 2.45) is 0 Å². The predicted molar refractivity (Wildman–Crippen MR) is 115 cm³/mol. The van der Waals surface area contributed by atoms with Gasteiger partial charge in [-0.15, -0.1) is 0 Å². The third-order valence-electron chi connectivity index (χ3n) is 4.88. The summed E-state index contributed by atoms with van der Waals surface area (Å²) in [6.45, 7) is 0. The first-order chi connectivity index (χ1) is 14.7. The maximum absolute atomic E-state index is 12.1. The molecule has 0 atom stereocenters. The number of nitrogens with zero attached hydrogens (tertiary/aromatic N) is 1. The summed E-state index contributed by atoms with van der Waals surface area (Å²) in [5, 5.41) is 2.27. The van der Waals surface area contributed by atoms with E-state index in [2.05, 4.69) is 11.1 Å². The summed E-state index contributed by atoms with van der Waals surface area (Å²) < 4.78 is 16.8. The Kier molecular flexibility index (Phi) is 4.41. The fourth-order valence-corrected chi connectivity index (χ4v) is 3.41. The highest BCUT2D eigenvalue weighted by atomic mass is 16.5. The lowest BCUT2D eigenvalue weighted by atomic mass is 10.1. The van der Waals surface area contributed by atoms with Gasteiger partial charge < -0.3 is 13.9 Å². The number of benzene rings is 4. The lowest BCUT2D eigenvalue weighted by Gasteiger charge is -2.06. The molecular formula is C25H17NO4. The Morgan fingerprint density at radius 3 is 2.43 bits per heavy atom. The second-order valence-electron chi connectivity index (χ2n) is 6.80. The smallest absolute Gasteiger partial charge is 0.338 e. The van der Waals surface area contributed by atoms with Crippen molar-refractivity contribution in [3.63, 3.8) is 0 Å². The number of methoxy groups -OCH3 is 1. The van der Waals surface area contributed by atoms with E-state index in [0.717, 1.165) is 16.5 Å². The van der Waals surface area contributed by atoms with E-state index >= 15 is 0 Å². The average Bonchev–Trinajstić information content (AvgIpc) is 3.22. The van der Waals surface area contributed by atoms with Crippen LogP contribution in [0.4, 0.5) is 0 Å². The Morgan fingerprint density at radius 1 is 0.833 bits per heavy atom. The fraction of sp³-hybridized carbons (Fsp3) is 0.0400. The van der Waals surface area contributed by atoms with Gasteiger partial charge in [-0.1, -0.05) is 42.5 Å². The van der Waals surface area contributed by atoms with Crippen molar-refractivity contribution in [2.45, 2.75) is 0 Å². The van der Waals surface area contributed by atoms with Gasteiger partial charge in [0.1, 0.15) is 17.0 Å². The fourth-order valence-electron chi connectivity index (χ4n) is 3.41. The number of carbonyl (C=O) groups is 1. The van der Waals surface area contributed by atoms with Crippen LogP contribution >= 0.6 is 0 Å². The van der Waals surface area contributed by atoms with Gasteiger partial charge in [0, 0.05) is 6.07 Å². The Labute approximate surface area is 172 Å². The highest BCUT2D eigenvalue weighted by Gasteiger charge is 2.17. The van der Waals surface area contributed by atoms with Gasteiger partial charge in [-0.05, 0) is 47.2 Å². The van der Waals surface area contributed by atoms with Gasteiger partial charge in [-0.3, -0.25) is 0 Å². The summed E-state index contributed by atoms with van der Waals surface area (Å²) in [5.41, 5.74) is 2.23. The molecule has 0 aliphatic rings. The molecule has 0 bridgehead atoms. The van der Waals surface area contributed by atoms with Crippen molar-refractivity contribution in [1.82, 2.24) is 4.98 Å². The van der Waals surface area contributed by atoms with Crippen LogP contribution in [-0.2, 0) is 4.74 Å². The zero-order valence-electron chi connectivity index (χ0n) is 16.2. The van der Waals surface area contributed by atoms with E-state index in [-0.39, 0.29) is 0 Å². The number of aromatic nitrogens is 1. The SMILES string of the molecule is COC(=O)c1ccccc1-c1nc2ccc(Oc3ccc4ccccc4c3)cc2o1. The lowest BCUT2D eigenvalue weighted by Crippen LogP contribution is -2.03. The van der Waals surface area contributed by atoms with Crippen molar-refractivity contribution in [3.05, 3.63) is 90.5 Å². The standard InChI is InChI=1S/C25H17NO4/c1-28-25(27)21-9-5-4-8-20(21)24-26-22-13-12-19(15-23(22)30-24)29-18-11-10-16-6-2-3-7-17(16)14-18/h2-15H,1H3. The zero-order chi connectivity index (χ0) is 20.5. The lowest BCUT2D eigenvalue weighted by molar-refractivity contribution is 0.0601. The number of hydrogen-bond acceptors (Lipinski definition) is 5. The van der Waals surface area contributed by atoms with E-state index in [1.54, 1.807) is 24.3 Å². The predicted octanol–water partition coefficient (Wildman–Crippen LogP) is 6.23. The second-order valence-corrected chi connectivity index (χ2v) is 6.80. The maximum Gasteiger partial charge on any atom is 0.338 e. The van der Waals surface area contributed by atoms with Crippen LogP contribution in [0.25, 0.3) is 33.3 Å². The highest BCUT2D eigenvalue weighted by molar-refractivity contribution is 5.96. The molecule has 0 N–H and O–H groups in total. The minimum absolute atomic E-state index is 0.355. The first kappa shape index (κ1) is 17.9. The van der Waals surface area contributed by atoms with Gasteiger partial charge in [0.25, 0.3) is 0 Å². The molecule has 0 unspecified atom stereocenters. The molecule has 5 nitrogen and oxygen atoms in total. The third kappa shape index (κ3) is 3.26. The van der Waals surface area contributed by atoms with Gasteiger partial charge in [0.2, 0.25) is 5.89 Å². The van der Waals surface area contributed by atoms with Crippen LogP contribution in [0, 0.1) is 0 Å². The molecule has 0 saturated carbocycles. The maximum atomic E-state index is 12.1. The van der Waals surface area contributed by atoms with Crippen molar-refractivity contribution < 1.29 is 18.7 Å². The van der Waals surface area contributed by atoms with E-state index in [0.29, 0.717) is 33.9 Å². The van der Waals surface area contributed by atoms with Crippen molar-refractivity contribution in [3.8, 4) is 23.0 Å². The molecule has 5 heteroatoms. The number of rotatable bonds is 4. The molecule has 1 aromatic heterocycles. The Balaban J connectivity index is 1.49. The minimum Gasteiger partial charge on any atom is -0.465 e. The molecule has 5 aromatic rings. The Hall–Kier alpha value is -4.12. The summed E-state index contributed by atoms with van der Waals surface area (Å²) in [7, 11) is 1.35. The van der Waals surface area contributed by atoms with E-state index in [4.69, 9.17) is 13.9 Å². The third-order valence-corrected chi connectivity index (χ3v) is 4.88. The summed E-state index contributed by atoms with van der Waals surface area (Å²) in [5.74, 6) is 1.30. The molecule has 0 fully saturated rings. The number of hydrogen-bond donors (Lipinski definition) is 0. The normalized spacial score (nSPS) is 11.0. The van der Waals surface area contributed by atoms with E-state index in [9.17, 15) is 4.79 Å². The molecule has 30 heavy (non-hydrogen) atoms. The quantitative estimate of drug-likeness (QED) is 0.338. The monoisotopic (exact) mass is 395 g/mol. The molecule has 0 aliphatic carbocycles. The highest BCUT2D eigenvalue weighted by Crippen LogP contribution is 2.31. The largest absolute Gasteiger partial charge is 0.465 e. The topological polar surface area (TPSA) is 61.6 Å². The van der Waals surface area contributed by atoms with Crippen molar-refractivity contribution in [1.29, 1.82) is 0 Å². The van der Waals surface area contributed by atoms with Crippen LogP contribution in [-0.4, -0.2) is 18.1 Å². The summed E-state index contributed by atoms with van der Waals surface area (Å²) >= 11 is 0. The first-order valence-corrected chi connectivity index (χ1v) is 9.46. The number of carbonyl (C=O) groups excluding carboxylic acids is 1. The molecule has 0 radical (unpaired) electrons. The van der Waals surface area contributed by atoms with Gasteiger partial charge in [0.15, 0.2) is 5.58 Å². The van der Waals surface area contributed by atoms with E-state index < -0.39 is 5.97 Å². The average molecular weight is 395 g/mol. The number of fused-ring (bicyclic) bond motifs is 2. The number of esters is 1. The van der Waals surface area contributed by atoms with Gasteiger partial charge in [-0.25, -0.2) is 9.78 Å². The Morgan fingerprint density at radius 2 is 1.57 bits per heavy atom. The Bertz CT molecular complexity index is 1390. The molecule has 0 amide bonds. The molecule has 0 saturated heterocycles. The number of ether oxygens (including phenoxy) is 2. The summed E-state index contributed by atoms with van der Waals surface area (Å²) in [4.78, 5) is 16.6.